The Balaban J connectivity index is 2.73. The molecular weight excluding hydrogens is 298 g/mol. The van der Waals surface area contributed by atoms with Crippen LogP contribution in [0.3, 0.4) is 0 Å². The molecule has 1 rings (SSSR count). The average Bonchev–Trinajstić information content (AvgIpc) is 2.46. The molecule has 0 bridgehead atoms. The molecule has 132 valence electrons. The summed E-state index contributed by atoms with van der Waals surface area (Å²) in [6.45, 7) is 13.1. The Bertz CT molecular complexity index is 595. The number of hydrogen-bond donors (Lipinski definition) is 0. The fourth-order valence-electron chi connectivity index (χ4n) is 3.05. The van der Waals surface area contributed by atoms with Crippen molar-refractivity contribution in [2.24, 2.45) is 5.41 Å². The number of esters is 1. The monoisotopic (exact) mass is 330 g/mol. The first-order valence-electron chi connectivity index (χ1n) is 8.84. The van der Waals surface area contributed by atoms with Gasteiger partial charge in [-0.3, -0.25) is 0 Å². The van der Waals surface area contributed by atoms with Gasteiger partial charge in [0.2, 0.25) is 0 Å². The molecule has 1 aliphatic rings. The van der Waals surface area contributed by atoms with Crippen molar-refractivity contribution in [1.29, 1.82) is 0 Å². The second-order valence-corrected chi connectivity index (χ2v) is 7.17. The third kappa shape index (κ3) is 6.74. The Morgan fingerprint density at radius 1 is 1.29 bits per heavy atom. The van der Waals surface area contributed by atoms with Crippen LogP contribution in [0.1, 0.15) is 60.8 Å². The molecule has 2 heteroatoms. The Morgan fingerprint density at radius 3 is 2.62 bits per heavy atom. The van der Waals surface area contributed by atoms with Crippen LogP contribution in [-0.2, 0) is 9.53 Å². The van der Waals surface area contributed by atoms with E-state index in [-0.39, 0.29) is 11.4 Å². The average molecular weight is 330 g/mol. The number of allylic oxidation sites excluding steroid dienone is 9. The summed E-state index contributed by atoms with van der Waals surface area (Å²) in [6.07, 6.45) is 15.7. The van der Waals surface area contributed by atoms with E-state index < -0.39 is 0 Å². The summed E-state index contributed by atoms with van der Waals surface area (Å²) in [7, 11) is 0. The number of hydrogen-bond acceptors (Lipinski definition) is 2. The minimum Gasteiger partial charge on any atom is -0.463 e. The summed E-state index contributed by atoms with van der Waals surface area (Å²) in [5.74, 6) is -0.290. The first-order valence-corrected chi connectivity index (χ1v) is 8.84. The van der Waals surface area contributed by atoms with E-state index in [0.717, 1.165) is 5.57 Å². The number of carbonyl (C=O) groups is 1. The maximum absolute atomic E-state index is 11.4. The maximum Gasteiger partial charge on any atom is 0.330 e. The summed E-state index contributed by atoms with van der Waals surface area (Å²) < 4.78 is 4.89. The normalized spacial score (nSPS) is 19.4. The van der Waals surface area contributed by atoms with Crippen molar-refractivity contribution >= 4 is 5.97 Å². The lowest BCUT2D eigenvalue weighted by Crippen LogP contribution is -2.19. The molecule has 0 aliphatic heterocycles. The highest BCUT2D eigenvalue weighted by Gasteiger charge is 2.26. The summed E-state index contributed by atoms with van der Waals surface area (Å²) in [6, 6.07) is 0. The molecule has 0 aromatic carbocycles. The minimum absolute atomic E-state index is 0.272. The van der Waals surface area contributed by atoms with Crippen LogP contribution in [-0.4, -0.2) is 12.6 Å². The summed E-state index contributed by atoms with van der Waals surface area (Å²) in [5, 5.41) is 0. The number of rotatable bonds is 6. The van der Waals surface area contributed by atoms with Gasteiger partial charge in [0.1, 0.15) is 0 Å². The molecule has 0 radical (unpaired) electrons. The summed E-state index contributed by atoms with van der Waals surface area (Å²) >= 11 is 0. The van der Waals surface area contributed by atoms with Gasteiger partial charge in [0, 0.05) is 6.08 Å². The largest absolute Gasteiger partial charge is 0.463 e. The lowest BCUT2D eigenvalue weighted by Gasteiger charge is -2.32. The van der Waals surface area contributed by atoms with Crippen LogP contribution in [0.15, 0.2) is 58.7 Å². The van der Waals surface area contributed by atoms with E-state index in [1.54, 1.807) is 6.92 Å². The van der Waals surface area contributed by atoms with Gasteiger partial charge in [-0.25, -0.2) is 4.79 Å². The zero-order valence-electron chi connectivity index (χ0n) is 16.1. The van der Waals surface area contributed by atoms with Crippen molar-refractivity contribution in [3.63, 3.8) is 0 Å². The smallest absolute Gasteiger partial charge is 0.330 e. The molecule has 24 heavy (non-hydrogen) atoms. The van der Waals surface area contributed by atoms with Gasteiger partial charge in [-0.15, -0.1) is 0 Å². The van der Waals surface area contributed by atoms with Crippen LogP contribution in [0.25, 0.3) is 0 Å². The van der Waals surface area contributed by atoms with Gasteiger partial charge in [0.25, 0.3) is 0 Å². The van der Waals surface area contributed by atoms with Crippen LogP contribution in [0.4, 0.5) is 0 Å². The second-order valence-electron chi connectivity index (χ2n) is 7.17. The Hall–Kier alpha value is -1.83. The highest BCUT2D eigenvalue weighted by molar-refractivity contribution is 5.83. The van der Waals surface area contributed by atoms with E-state index in [2.05, 4.69) is 45.9 Å². The molecule has 0 atom stereocenters. The third-order valence-corrected chi connectivity index (χ3v) is 4.41. The van der Waals surface area contributed by atoms with Gasteiger partial charge in [-0.05, 0) is 63.5 Å². The van der Waals surface area contributed by atoms with Crippen molar-refractivity contribution in [3.8, 4) is 0 Å². The van der Waals surface area contributed by atoms with Gasteiger partial charge in [-0.1, -0.05) is 55.4 Å². The topological polar surface area (TPSA) is 26.3 Å². The van der Waals surface area contributed by atoms with E-state index in [9.17, 15) is 4.79 Å². The molecule has 0 unspecified atom stereocenters. The maximum atomic E-state index is 11.4. The third-order valence-electron chi connectivity index (χ3n) is 4.41. The highest BCUT2D eigenvalue weighted by Crippen LogP contribution is 2.40. The lowest BCUT2D eigenvalue weighted by atomic mass is 9.77. The molecule has 0 fully saturated rings. The molecule has 0 N–H and O–H groups in total. The molecule has 1 aliphatic carbocycles. The molecule has 0 saturated heterocycles. The minimum atomic E-state index is -0.290. The zero-order valence-corrected chi connectivity index (χ0v) is 16.1. The second kappa shape index (κ2) is 9.46. The van der Waals surface area contributed by atoms with Crippen LogP contribution in [0.5, 0.6) is 0 Å². The van der Waals surface area contributed by atoms with Crippen molar-refractivity contribution in [2.75, 3.05) is 6.61 Å². The summed E-state index contributed by atoms with van der Waals surface area (Å²) in [4.78, 5) is 11.4. The number of ether oxygens (including phenoxy) is 1. The standard InChI is InChI=1S/C22H32O2/c1-7-24-21(23)16-18(3)11-8-10-17(2)13-14-20-19(4)12-9-15-22(20,5)6/h8,10-11,13-14,16H,7,9,12,15H2,1-6H3/b11-8+,14-13+,17-10+,18-16+/i14+2. The van der Waals surface area contributed by atoms with Crippen LogP contribution in [0, 0.1) is 5.41 Å². The van der Waals surface area contributed by atoms with Crippen LogP contribution >= 0.6 is 0 Å². The molecule has 0 amide bonds. The van der Waals surface area contributed by atoms with Gasteiger partial charge < -0.3 is 4.74 Å². The van der Waals surface area contributed by atoms with E-state index in [0.29, 0.717) is 6.61 Å². The molecule has 0 aromatic rings. The van der Waals surface area contributed by atoms with Crippen LogP contribution in [0.2, 0.25) is 0 Å². The quantitative estimate of drug-likeness (QED) is 0.335. The molecule has 0 heterocycles. The van der Waals surface area contributed by atoms with Gasteiger partial charge in [0.05, 0.1) is 6.61 Å². The Morgan fingerprint density at radius 2 is 2.00 bits per heavy atom. The lowest BCUT2D eigenvalue weighted by molar-refractivity contribution is -0.137. The first-order chi connectivity index (χ1) is 11.3. The molecule has 0 spiro atoms. The molecular formula is C22H32O2. The fraction of sp³-hybridized carbons (Fsp3) is 0.500. The van der Waals surface area contributed by atoms with E-state index in [4.69, 9.17) is 4.74 Å². The van der Waals surface area contributed by atoms with Crippen molar-refractivity contribution in [2.45, 2.75) is 60.8 Å². The van der Waals surface area contributed by atoms with E-state index >= 15 is 0 Å². The predicted octanol–water partition coefficient (Wildman–Crippen LogP) is 6.08. The molecule has 0 saturated carbocycles. The summed E-state index contributed by atoms with van der Waals surface area (Å²) in [5.41, 5.74) is 5.33. The predicted molar refractivity (Wildman–Crippen MR) is 103 cm³/mol. The Kier molecular flexibility index (Phi) is 7.97. The zero-order chi connectivity index (χ0) is 18.2. The molecule has 0 aromatic heterocycles. The van der Waals surface area contributed by atoms with Gasteiger partial charge in [0.15, 0.2) is 0 Å². The first kappa shape index (κ1) is 20.2. The van der Waals surface area contributed by atoms with Crippen LogP contribution < -0.4 is 0 Å². The van der Waals surface area contributed by atoms with Crippen molar-refractivity contribution < 1.29 is 9.53 Å². The van der Waals surface area contributed by atoms with Gasteiger partial charge >= 0.3 is 5.97 Å². The number of carbonyl (C=O) groups excluding carboxylic acids is 1. The van der Waals surface area contributed by atoms with Gasteiger partial charge in [-0.2, -0.15) is 0 Å². The molecule has 2 nitrogen and oxygen atoms in total. The highest BCUT2D eigenvalue weighted by atomic mass is 16.5. The van der Waals surface area contributed by atoms with Crippen molar-refractivity contribution in [3.05, 3.63) is 58.7 Å². The Labute approximate surface area is 147 Å². The van der Waals surface area contributed by atoms with E-state index in [1.165, 1.54) is 42.1 Å². The van der Waals surface area contributed by atoms with Crippen molar-refractivity contribution in [1.82, 2.24) is 0 Å². The van der Waals surface area contributed by atoms with E-state index in [1.807, 2.05) is 19.1 Å². The SMILES string of the molecule is CCOC(=O)/C=C(C)/C=C/C=C(C)/C=[14CH]/C1=C(C)CCCC1(C)C. The fourth-order valence-corrected chi connectivity index (χ4v) is 3.05.